The first-order valence-electron chi connectivity index (χ1n) is 5.58. The third kappa shape index (κ3) is 6.87. The van der Waals surface area contributed by atoms with Crippen molar-refractivity contribution in [2.75, 3.05) is 11.5 Å². The van der Waals surface area contributed by atoms with Crippen LogP contribution in [0.15, 0.2) is 17.9 Å². The molecule has 1 atom stereocenters. The molecular weight excluding hydrogens is 240 g/mol. The van der Waals surface area contributed by atoms with Crippen LogP contribution in [0.4, 0.5) is 0 Å². The van der Waals surface area contributed by atoms with Crippen molar-refractivity contribution < 1.29 is 19.4 Å². The van der Waals surface area contributed by atoms with E-state index in [1.165, 1.54) is 11.8 Å². The van der Waals surface area contributed by atoms with Crippen molar-refractivity contribution in [3.05, 3.63) is 17.9 Å². The maximum atomic E-state index is 11.4. The van der Waals surface area contributed by atoms with Crippen LogP contribution in [0.5, 0.6) is 0 Å². The number of carbonyl (C=O) groups excluding carboxylic acids is 1. The van der Waals surface area contributed by atoms with Crippen molar-refractivity contribution in [1.29, 1.82) is 0 Å². The maximum Gasteiger partial charge on any atom is 0.313 e. The van der Waals surface area contributed by atoms with Gasteiger partial charge in [0.2, 0.25) is 0 Å². The van der Waals surface area contributed by atoms with E-state index in [4.69, 9.17) is 9.84 Å². The molecule has 94 valence electrons. The predicted molar refractivity (Wildman–Crippen MR) is 66.0 cm³/mol. The molecule has 1 aliphatic rings. The van der Waals surface area contributed by atoms with Crippen LogP contribution in [0.2, 0.25) is 0 Å². The molecule has 0 radical (unpaired) electrons. The topological polar surface area (TPSA) is 63.6 Å². The lowest BCUT2D eigenvalue weighted by molar-refractivity contribution is -0.147. The monoisotopic (exact) mass is 256 g/mol. The number of carboxylic acids is 1. The van der Waals surface area contributed by atoms with Crippen LogP contribution >= 0.6 is 11.8 Å². The Bertz CT molecular complexity index is 331. The predicted octanol–water partition coefficient (Wildman–Crippen LogP) is 2.00. The number of hydrogen-bond donors (Lipinski definition) is 1. The van der Waals surface area contributed by atoms with Gasteiger partial charge in [0.15, 0.2) is 0 Å². The van der Waals surface area contributed by atoms with E-state index in [1.54, 1.807) is 6.08 Å². The van der Waals surface area contributed by atoms with Gasteiger partial charge < -0.3 is 9.84 Å². The van der Waals surface area contributed by atoms with Crippen molar-refractivity contribution in [2.45, 2.75) is 31.8 Å². The van der Waals surface area contributed by atoms with Gasteiger partial charge in [0.05, 0.1) is 5.75 Å². The number of ether oxygens (including phenoxy) is 1. The Morgan fingerprint density at radius 2 is 2.35 bits per heavy atom. The quantitative estimate of drug-likeness (QED) is 0.429. The fourth-order valence-electron chi connectivity index (χ4n) is 1.39. The van der Waals surface area contributed by atoms with Crippen LogP contribution < -0.4 is 0 Å². The number of carboxylic acid groups (broad SMARTS) is 1. The van der Waals surface area contributed by atoms with Gasteiger partial charge in [-0.3, -0.25) is 9.59 Å². The summed E-state index contributed by atoms with van der Waals surface area (Å²) in [6.45, 7) is 0. The number of esters is 1. The minimum atomic E-state index is -0.822. The Morgan fingerprint density at radius 1 is 1.53 bits per heavy atom. The molecule has 17 heavy (non-hydrogen) atoms. The molecule has 1 rings (SSSR count). The summed E-state index contributed by atoms with van der Waals surface area (Å²) < 4.78 is 5.22. The van der Waals surface area contributed by atoms with Gasteiger partial charge >= 0.3 is 11.9 Å². The summed E-state index contributed by atoms with van der Waals surface area (Å²) in [6, 6.07) is 0. The van der Waals surface area contributed by atoms with E-state index in [0.717, 1.165) is 12.8 Å². The molecule has 0 amide bonds. The van der Waals surface area contributed by atoms with E-state index in [1.807, 2.05) is 6.08 Å². The summed E-state index contributed by atoms with van der Waals surface area (Å²) in [5.41, 5.74) is 2.93. The number of thioether (sulfide) groups is 1. The highest BCUT2D eigenvalue weighted by Crippen LogP contribution is 2.11. The molecule has 0 heterocycles. The maximum absolute atomic E-state index is 11.4. The molecule has 0 aliphatic heterocycles. The number of carbonyl (C=O) groups is 2. The van der Waals surface area contributed by atoms with Crippen molar-refractivity contribution in [1.82, 2.24) is 0 Å². The van der Waals surface area contributed by atoms with E-state index in [2.05, 4.69) is 5.73 Å². The molecule has 0 bridgehead atoms. The normalized spacial score (nSPS) is 18.0. The van der Waals surface area contributed by atoms with Crippen LogP contribution in [0.1, 0.15) is 25.7 Å². The lowest BCUT2D eigenvalue weighted by Gasteiger charge is -2.14. The van der Waals surface area contributed by atoms with E-state index in [0.29, 0.717) is 18.6 Å². The lowest BCUT2D eigenvalue weighted by Crippen LogP contribution is -2.16. The van der Waals surface area contributed by atoms with Gasteiger partial charge in [-0.1, -0.05) is 0 Å². The Labute approximate surface area is 105 Å². The summed E-state index contributed by atoms with van der Waals surface area (Å²) in [5, 5.41) is 8.41. The zero-order chi connectivity index (χ0) is 12.5. The number of hydrogen-bond acceptors (Lipinski definition) is 4. The minimum absolute atomic E-state index is 0.0885. The average Bonchev–Trinajstić information content (AvgIpc) is 2.29. The molecule has 0 spiro atoms. The molecule has 0 aromatic heterocycles. The molecule has 5 heteroatoms. The second kappa shape index (κ2) is 7.98. The number of rotatable bonds is 7. The standard InChI is InChI=1S/C12H16O4S/c13-11(14)9-17-8-4-7-12(15)16-10-5-2-1-3-6-10/h1,6,10H,2,4-5,7-9H2,(H,13,14)/t10-/m1/s1. The van der Waals surface area contributed by atoms with E-state index in [9.17, 15) is 9.59 Å². The lowest BCUT2D eigenvalue weighted by atomic mass is 10.1. The molecule has 0 aromatic rings. The highest BCUT2D eigenvalue weighted by molar-refractivity contribution is 7.99. The minimum Gasteiger partial charge on any atom is -0.481 e. The second-order valence-electron chi connectivity index (χ2n) is 3.69. The van der Waals surface area contributed by atoms with Crippen molar-refractivity contribution >= 4 is 23.7 Å². The molecule has 0 aromatic carbocycles. The van der Waals surface area contributed by atoms with Crippen LogP contribution in [-0.4, -0.2) is 34.7 Å². The van der Waals surface area contributed by atoms with Crippen molar-refractivity contribution in [3.63, 3.8) is 0 Å². The highest BCUT2D eigenvalue weighted by atomic mass is 32.2. The fourth-order valence-corrected chi connectivity index (χ4v) is 2.06. The van der Waals surface area contributed by atoms with Gasteiger partial charge in [0.1, 0.15) is 6.10 Å². The summed E-state index contributed by atoms with van der Waals surface area (Å²) in [6.07, 6.45) is 6.27. The molecule has 0 saturated carbocycles. The molecular formula is C12H16O4S. The van der Waals surface area contributed by atoms with Gasteiger partial charge in [-0.05, 0) is 37.2 Å². The zero-order valence-corrected chi connectivity index (χ0v) is 10.4. The molecule has 0 fully saturated rings. The summed E-state index contributed by atoms with van der Waals surface area (Å²) >= 11 is 1.32. The largest absolute Gasteiger partial charge is 0.481 e. The van der Waals surface area contributed by atoms with E-state index < -0.39 is 5.97 Å². The molecule has 1 N–H and O–H groups in total. The first-order chi connectivity index (χ1) is 8.18. The Kier molecular flexibility index (Phi) is 6.51. The van der Waals surface area contributed by atoms with Gasteiger partial charge in [-0.15, -0.1) is 5.73 Å². The highest BCUT2D eigenvalue weighted by Gasteiger charge is 2.12. The van der Waals surface area contributed by atoms with Crippen molar-refractivity contribution in [3.8, 4) is 0 Å². The Balaban J connectivity index is 2.05. The van der Waals surface area contributed by atoms with E-state index >= 15 is 0 Å². The number of aliphatic carboxylic acids is 1. The fraction of sp³-hybridized carbons (Fsp3) is 0.583. The first-order valence-corrected chi connectivity index (χ1v) is 6.74. The van der Waals surface area contributed by atoms with Crippen LogP contribution in [0.25, 0.3) is 0 Å². The molecule has 1 aliphatic carbocycles. The van der Waals surface area contributed by atoms with Crippen LogP contribution in [-0.2, 0) is 14.3 Å². The third-order valence-electron chi connectivity index (χ3n) is 2.17. The summed E-state index contributed by atoms with van der Waals surface area (Å²) in [5.74, 6) is -0.282. The zero-order valence-electron chi connectivity index (χ0n) is 9.55. The van der Waals surface area contributed by atoms with Gasteiger partial charge in [0.25, 0.3) is 0 Å². The van der Waals surface area contributed by atoms with Crippen LogP contribution in [0, 0.1) is 0 Å². The second-order valence-corrected chi connectivity index (χ2v) is 4.80. The molecule has 0 saturated heterocycles. The Hall–Kier alpha value is -1.19. The first kappa shape index (κ1) is 13.9. The van der Waals surface area contributed by atoms with Gasteiger partial charge in [-0.2, -0.15) is 11.8 Å². The van der Waals surface area contributed by atoms with Gasteiger partial charge in [-0.25, -0.2) is 0 Å². The SMILES string of the molecule is O=C(O)CSCCCC(=O)O[C@H]1C=C=CCC1. The average molecular weight is 256 g/mol. The van der Waals surface area contributed by atoms with Crippen molar-refractivity contribution in [2.24, 2.45) is 0 Å². The third-order valence-corrected chi connectivity index (χ3v) is 3.20. The van der Waals surface area contributed by atoms with Crippen LogP contribution in [0.3, 0.4) is 0 Å². The van der Waals surface area contributed by atoms with E-state index in [-0.39, 0.29) is 17.8 Å². The summed E-state index contributed by atoms with van der Waals surface area (Å²) in [4.78, 5) is 21.6. The molecule has 0 unspecified atom stereocenters. The molecule has 4 nitrogen and oxygen atoms in total. The summed E-state index contributed by atoms with van der Waals surface area (Å²) in [7, 11) is 0. The van der Waals surface area contributed by atoms with Gasteiger partial charge in [0, 0.05) is 6.42 Å². The smallest absolute Gasteiger partial charge is 0.313 e. The Morgan fingerprint density at radius 3 is 3.00 bits per heavy atom.